The van der Waals surface area contributed by atoms with E-state index in [2.05, 4.69) is 10.6 Å². The second-order valence-corrected chi connectivity index (χ2v) is 6.00. The van der Waals surface area contributed by atoms with Crippen LogP contribution in [0.3, 0.4) is 0 Å². The first-order chi connectivity index (χ1) is 12.0. The molecule has 0 bridgehead atoms. The highest BCUT2D eigenvalue weighted by Gasteiger charge is 2.22. The lowest BCUT2D eigenvalue weighted by Crippen LogP contribution is -2.41. The molecule has 0 saturated carbocycles. The van der Waals surface area contributed by atoms with Crippen molar-refractivity contribution in [1.82, 2.24) is 10.2 Å². The van der Waals surface area contributed by atoms with Crippen molar-refractivity contribution in [1.29, 1.82) is 0 Å². The Morgan fingerprint density at radius 1 is 1.20 bits per heavy atom. The normalized spacial score (nSPS) is 14.0. The number of nitrogens with one attached hydrogen (secondary N) is 2. The predicted molar refractivity (Wildman–Crippen MR) is 97.5 cm³/mol. The molecule has 0 aliphatic carbocycles. The van der Waals surface area contributed by atoms with Gasteiger partial charge in [0.05, 0.1) is 13.1 Å². The van der Waals surface area contributed by atoms with Crippen molar-refractivity contribution in [2.24, 2.45) is 0 Å². The zero-order chi connectivity index (χ0) is 18.2. The van der Waals surface area contributed by atoms with Gasteiger partial charge in [-0.3, -0.25) is 19.3 Å². The third-order valence-electron chi connectivity index (χ3n) is 4.07. The van der Waals surface area contributed by atoms with E-state index < -0.39 is 0 Å². The topological polar surface area (TPSA) is 81.8 Å². The van der Waals surface area contributed by atoms with Gasteiger partial charge in [-0.15, -0.1) is 0 Å². The fraction of sp³-hybridized carbons (Fsp3) is 0.500. The maximum atomic E-state index is 12.3. The molecule has 3 amide bonds. The maximum absolute atomic E-state index is 12.3. The van der Waals surface area contributed by atoms with Crippen molar-refractivity contribution in [3.63, 3.8) is 0 Å². The van der Waals surface area contributed by atoms with Crippen LogP contribution < -0.4 is 15.5 Å². The lowest BCUT2D eigenvalue weighted by molar-refractivity contribution is -0.123. The smallest absolute Gasteiger partial charge is 0.238 e. The first-order valence-corrected chi connectivity index (χ1v) is 8.72. The second-order valence-electron chi connectivity index (χ2n) is 6.00. The molecule has 1 aliphatic rings. The number of hydrogen-bond acceptors (Lipinski definition) is 4. The van der Waals surface area contributed by atoms with E-state index in [-0.39, 0.29) is 30.8 Å². The van der Waals surface area contributed by atoms with Crippen molar-refractivity contribution in [2.75, 3.05) is 42.9 Å². The van der Waals surface area contributed by atoms with Crippen LogP contribution in [0.1, 0.15) is 26.7 Å². The van der Waals surface area contributed by atoms with E-state index in [4.69, 9.17) is 0 Å². The van der Waals surface area contributed by atoms with Crippen molar-refractivity contribution >= 4 is 29.1 Å². The minimum atomic E-state index is -0.184. The van der Waals surface area contributed by atoms with Crippen LogP contribution in [0.15, 0.2) is 24.3 Å². The molecule has 1 aliphatic heterocycles. The minimum Gasteiger partial charge on any atom is -0.355 e. The maximum Gasteiger partial charge on any atom is 0.238 e. The summed E-state index contributed by atoms with van der Waals surface area (Å²) in [5, 5.41) is 5.57. The van der Waals surface area contributed by atoms with Crippen LogP contribution in [0.2, 0.25) is 0 Å². The van der Waals surface area contributed by atoms with Gasteiger partial charge in [-0.25, -0.2) is 0 Å². The van der Waals surface area contributed by atoms with E-state index in [1.165, 1.54) is 0 Å². The van der Waals surface area contributed by atoms with E-state index in [0.717, 1.165) is 12.1 Å². The fourth-order valence-electron chi connectivity index (χ4n) is 2.81. The summed E-state index contributed by atoms with van der Waals surface area (Å²) in [5.41, 5.74) is 1.45. The zero-order valence-electron chi connectivity index (χ0n) is 14.9. The average Bonchev–Trinajstić information content (AvgIpc) is 3.00. The number of carbonyl (C=O) groups excluding carboxylic acids is 3. The summed E-state index contributed by atoms with van der Waals surface area (Å²) in [5.74, 6) is -0.162. The zero-order valence-corrected chi connectivity index (χ0v) is 14.9. The largest absolute Gasteiger partial charge is 0.355 e. The number of hydrogen-bond donors (Lipinski definition) is 2. The molecule has 2 N–H and O–H groups in total. The molecule has 7 nitrogen and oxygen atoms in total. The van der Waals surface area contributed by atoms with Crippen LogP contribution in [-0.2, 0) is 14.4 Å². The standard InChI is InChI=1S/C18H26N4O3/c1-3-19-16(23)12-21(4-2)13-17(24)20-14-7-5-8-15(11-14)22-10-6-9-18(22)25/h5,7-8,11H,3-4,6,9-10,12-13H2,1-2H3,(H,19,23)(H,20,24). The fourth-order valence-corrected chi connectivity index (χ4v) is 2.81. The Morgan fingerprint density at radius 3 is 2.60 bits per heavy atom. The Kier molecular flexibility index (Phi) is 6.94. The molecule has 1 heterocycles. The summed E-state index contributed by atoms with van der Waals surface area (Å²) >= 11 is 0. The minimum absolute atomic E-state index is 0.0910. The lowest BCUT2D eigenvalue weighted by Gasteiger charge is -2.20. The number of likely N-dealkylation sites (N-methyl/N-ethyl adjacent to an activating group) is 2. The van der Waals surface area contributed by atoms with Crippen LogP contribution in [-0.4, -0.2) is 55.3 Å². The number of anilines is 2. The Labute approximate surface area is 148 Å². The Balaban J connectivity index is 1.93. The molecule has 1 fully saturated rings. The van der Waals surface area contributed by atoms with Crippen molar-refractivity contribution in [3.05, 3.63) is 24.3 Å². The van der Waals surface area contributed by atoms with Gasteiger partial charge in [-0.1, -0.05) is 13.0 Å². The summed E-state index contributed by atoms with van der Waals surface area (Å²) in [6, 6.07) is 7.29. The molecule has 1 saturated heterocycles. The first-order valence-electron chi connectivity index (χ1n) is 8.72. The van der Waals surface area contributed by atoms with Crippen molar-refractivity contribution in [3.8, 4) is 0 Å². The highest BCUT2D eigenvalue weighted by atomic mass is 16.2. The molecule has 0 spiro atoms. The quantitative estimate of drug-likeness (QED) is 0.741. The van der Waals surface area contributed by atoms with Crippen LogP contribution in [0.4, 0.5) is 11.4 Å². The van der Waals surface area contributed by atoms with Gasteiger partial charge >= 0.3 is 0 Å². The molecular weight excluding hydrogens is 320 g/mol. The van der Waals surface area contributed by atoms with Crippen LogP contribution in [0, 0.1) is 0 Å². The van der Waals surface area contributed by atoms with Crippen LogP contribution >= 0.6 is 0 Å². The number of rotatable bonds is 8. The third-order valence-corrected chi connectivity index (χ3v) is 4.07. The molecule has 0 atom stereocenters. The average molecular weight is 346 g/mol. The monoisotopic (exact) mass is 346 g/mol. The lowest BCUT2D eigenvalue weighted by atomic mass is 10.2. The number of carbonyl (C=O) groups is 3. The van der Waals surface area contributed by atoms with Crippen molar-refractivity contribution < 1.29 is 14.4 Å². The molecule has 7 heteroatoms. The highest BCUT2D eigenvalue weighted by molar-refractivity contribution is 5.97. The van der Waals surface area contributed by atoms with Crippen molar-refractivity contribution in [2.45, 2.75) is 26.7 Å². The summed E-state index contributed by atoms with van der Waals surface area (Å²) < 4.78 is 0. The van der Waals surface area contributed by atoms with Gasteiger partial charge < -0.3 is 15.5 Å². The van der Waals surface area contributed by atoms with E-state index in [1.54, 1.807) is 21.9 Å². The predicted octanol–water partition coefficient (Wildman–Crippen LogP) is 1.21. The molecule has 1 aromatic carbocycles. The van der Waals surface area contributed by atoms with E-state index in [1.807, 2.05) is 26.0 Å². The third kappa shape index (κ3) is 5.56. The summed E-state index contributed by atoms with van der Waals surface area (Å²) in [6.07, 6.45) is 1.43. The van der Waals surface area contributed by atoms with Gasteiger partial charge in [-0.2, -0.15) is 0 Å². The molecule has 136 valence electrons. The van der Waals surface area contributed by atoms with Gasteiger partial charge in [0.25, 0.3) is 0 Å². The Hall–Kier alpha value is -2.41. The van der Waals surface area contributed by atoms with E-state index in [9.17, 15) is 14.4 Å². The Morgan fingerprint density at radius 2 is 1.96 bits per heavy atom. The van der Waals surface area contributed by atoms with Crippen LogP contribution in [0.25, 0.3) is 0 Å². The SMILES string of the molecule is CCNC(=O)CN(CC)CC(=O)Nc1cccc(N2CCCC2=O)c1. The van der Waals surface area contributed by atoms with Gasteiger partial charge in [-0.05, 0) is 38.1 Å². The molecule has 1 aromatic rings. The molecule has 0 aromatic heterocycles. The molecule has 0 radical (unpaired) electrons. The number of benzene rings is 1. The second kappa shape index (κ2) is 9.17. The molecule has 25 heavy (non-hydrogen) atoms. The van der Waals surface area contributed by atoms with Gasteiger partial charge in [0, 0.05) is 30.9 Å². The van der Waals surface area contributed by atoms with E-state index >= 15 is 0 Å². The molecular formula is C18H26N4O3. The van der Waals surface area contributed by atoms with Crippen LogP contribution in [0.5, 0.6) is 0 Å². The van der Waals surface area contributed by atoms with Gasteiger partial charge in [0.1, 0.15) is 0 Å². The highest BCUT2D eigenvalue weighted by Crippen LogP contribution is 2.24. The molecule has 0 unspecified atom stereocenters. The first kappa shape index (κ1) is 18.9. The summed E-state index contributed by atoms with van der Waals surface area (Å²) in [4.78, 5) is 39.3. The van der Waals surface area contributed by atoms with Gasteiger partial charge in [0.2, 0.25) is 17.7 Å². The Bertz CT molecular complexity index is 633. The summed E-state index contributed by atoms with van der Waals surface area (Å²) in [6.45, 7) is 6.00. The number of nitrogens with zero attached hydrogens (tertiary/aromatic N) is 2. The van der Waals surface area contributed by atoms with E-state index in [0.29, 0.717) is 31.7 Å². The van der Waals surface area contributed by atoms with Gasteiger partial charge in [0.15, 0.2) is 0 Å². The molecule has 2 rings (SSSR count). The summed E-state index contributed by atoms with van der Waals surface area (Å²) in [7, 11) is 0. The number of amides is 3.